The number of hydrogen-bond donors (Lipinski definition) is 3. The number of aliphatic carboxylic acids is 1. The Morgan fingerprint density at radius 3 is 2.79 bits per heavy atom. The molecule has 0 aliphatic heterocycles. The van der Waals surface area contributed by atoms with Gasteiger partial charge >= 0.3 is 5.97 Å². The van der Waals surface area contributed by atoms with Gasteiger partial charge in [-0.2, -0.15) is 0 Å². The summed E-state index contributed by atoms with van der Waals surface area (Å²) in [5.41, 5.74) is 1.54. The molecule has 1 heterocycles. The minimum atomic E-state index is -1.25. The molecule has 0 radical (unpaired) electrons. The Bertz CT molecular complexity index is 605. The number of furan rings is 1. The van der Waals surface area contributed by atoms with Gasteiger partial charge in [-0.25, -0.2) is 4.79 Å². The maximum absolute atomic E-state index is 11.7. The average Bonchev–Trinajstić information content (AvgIpc) is 2.80. The van der Waals surface area contributed by atoms with Crippen molar-refractivity contribution in [3.05, 3.63) is 36.1 Å². The number of carboxylic acid groups (broad SMARTS) is 1. The van der Waals surface area contributed by atoms with Gasteiger partial charge in [0.1, 0.15) is 5.58 Å². The minimum Gasteiger partial charge on any atom is -0.480 e. The Balaban J connectivity index is 2.06. The third kappa shape index (κ3) is 2.74. The quantitative estimate of drug-likeness (QED) is 0.691. The van der Waals surface area contributed by atoms with Crippen molar-refractivity contribution in [1.29, 1.82) is 0 Å². The summed E-state index contributed by atoms with van der Waals surface area (Å²) in [5.74, 6) is -1.79. The molecule has 0 aliphatic carbocycles. The Morgan fingerprint density at radius 2 is 2.11 bits per heavy atom. The van der Waals surface area contributed by atoms with Crippen LogP contribution in [0.15, 0.2) is 34.9 Å². The number of nitrogens with one attached hydrogen (secondary N) is 2. The van der Waals surface area contributed by atoms with Crippen molar-refractivity contribution in [2.24, 2.45) is 0 Å². The summed E-state index contributed by atoms with van der Waals surface area (Å²) in [6.45, 7) is 0.224. The first-order valence-corrected chi connectivity index (χ1v) is 5.76. The van der Waals surface area contributed by atoms with Crippen LogP contribution in [0.2, 0.25) is 0 Å². The number of carbonyl (C=O) groups excluding carboxylic acids is 1. The monoisotopic (exact) mass is 262 g/mol. The molecule has 0 fully saturated rings. The van der Waals surface area contributed by atoms with Crippen LogP contribution in [-0.4, -0.2) is 30.1 Å². The number of carboxylic acids is 1. The Kier molecular flexibility index (Phi) is 3.82. The zero-order valence-corrected chi connectivity index (χ0v) is 10.3. The van der Waals surface area contributed by atoms with Gasteiger partial charge in [0.05, 0.1) is 6.26 Å². The standard InChI is InChI=1S/C13H14N2O4/c1-14-11(13(17)18)12(16)15-6-8-7-19-10-5-3-2-4-9(8)10/h2-5,7,11,14H,6H2,1H3,(H,15,16)(H,17,18). The number of amides is 1. The van der Waals surface area contributed by atoms with Crippen LogP contribution in [0.3, 0.4) is 0 Å². The molecule has 1 aromatic heterocycles. The van der Waals surface area contributed by atoms with E-state index in [1.165, 1.54) is 7.05 Å². The largest absolute Gasteiger partial charge is 0.480 e. The van der Waals surface area contributed by atoms with Crippen LogP contribution in [0.1, 0.15) is 5.56 Å². The highest BCUT2D eigenvalue weighted by atomic mass is 16.4. The molecule has 1 aromatic carbocycles. The summed E-state index contributed by atoms with van der Waals surface area (Å²) >= 11 is 0. The highest BCUT2D eigenvalue weighted by Gasteiger charge is 2.23. The molecule has 3 N–H and O–H groups in total. The highest BCUT2D eigenvalue weighted by Crippen LogP contribution is 2.20. The third-order valence-electron chi connectivity index (χ3n) is 2.81. The molecule has 1 unspecified atom stereocenters. The van der Waals surface area contributed by atoms with Crippen molar-refractivity contribution in [2.75, 3.05) is 7.05 Å². The van der Waals surface area contributed by atoms with E-state index in [1.807, 2.05) is 24.3 Å². The fraction of sp³-hybridized carbons (Fsp3) is 0.231. The van der Waals surface area contributed by atoms with E-state index in [0.717, 1.165) is 16.5 Å². The molecule has 0 saturated heterocycles. The maximum Gasteiger partial charge on any atom is 0.330 e. The van der Waals surface area contributed by atoms with Crippen LogP contribution in [0.4, 0.5) is 0 Å². The summed E-state index contributed by atoms with van der Waals surface area (Å²) < 4.78 is 5.33. The lowest BCUT2D eigenvalue weighted by atomic mass is 10.1. The fourth-order valence-electron chi connectivity index (χ4n) is 1.82. The van der Waals surface area contributed by atoms with Gasteiger partial charge in [-0.1, -0.05) is 18.2 Å². The molecule has 6 nitrogen and oxygen atoms in total. The van der Waals surface area contributed by atoms with Crippen LogP contribution in [0.5, 0.6) is 0 Å². The van der Waals surface area contributed by atoms with Crippen LogP contribution >= 0.6 is 0 Å². The van der Waals surface area contributed by atoms with Crippen molar-refractivity contribution >= 4 is 22.8 Å². The number of hydrogen-bond acceptors (Lipinski definition) is 4. The molecule has 0 bridgehead atoms. The predicted octanol–water partition coefficient (Wildman–Crippen LogP) is 0.722. The van der Waals surface area contributed by atoms with E-state index in [0.29, 0.717) is 0 Å². The van der Waals surface area contributed by atoms with E-state index in [-0.39, 0.29) is 6.54 Å². The first kappa shape index (κ1) is 13.1. The smallest absolute Gasteiger partial charge is 0.330 e. The van der Waals surface area contributed by atoms with Gasteiger partial charge in [0.2, 0.25) is 5.91 Å². The Hall–Kier alpha value is -2.34. The number of rotatable bonds is 5. The number of benzene rings is 1. The van der Waals surface area contributed by atoms with Gasteiger partial charge in [0, 0.05) is 17.5 Å². The van der Waals surface area contributed by atoms with Crippen molar-refractivity contribution in [3.63, 3.8) is 0 Å². The van der Waals surface area contributed by atoms with Gasteiger partial charge in [-0.05, 0) is 13.1 Å². The molecular weight excluding hydrogens is 248 g/mol. The van der Waals surface area contributed by atoms with Crippen LogP contribution in [0.25, 0.3) is 11.0 Å². The third-order valence-corrected chi connectivity index (χ3v) is 2.81. The lowest BCUT2D eigenvalue weighted by Gasteiger charge is -2.10. The Morgan fingerprint density at radius 1 is 1.37 bits per heavy atom. The van der Waals surface area contributed by atoms with Gasteiger partial charge in [-0.3, -0.25) is 10.1 Å². The van der Waals surface area contributed by atoms with Gasteiger partial charge in [-0.15, -0.1) is 0 Å². The number of carbonyl (C=O) groups is 2. The zero-order chi connectivity index (χ0) is 13.8. The average molecular weight is 262 g/mol. The Labute approximate surface area is 109 Å². The SMILES string of the molecule is CNC(C(=O)O)C(=O)NCc1coc2ccccc12. The molecular formula is C13H14N2O4. The molecule has 2 aromatic rings. The summed E-state index contributed by atoms with van der Waals surface area (Å²) in [6.07, 6.45) is 1.56. The molecule has 2 rings (SSSR count). The first-order chi connectivity index (χ1) is 9.13. The van der Waals surface area contributed by atoms with E-state index >= 15 is 0 Å². The summed E-state index contributed by atoms with van der Waals surface area (Å²) in [7, 11) is 1.42. The summed E-state index contributed by atoms with van der Waals surface area (Å²) in [4.78, 5) is 22.5. The summed E-state index contributed by atoms with van der Waals surface area (Å²) in [6, 6.07) is 6.19. The molecule has 19 heavy (non-hydrogen) atoms. The van der Waals surface area contributed by atoms with E-state index in [1.54, 1.807) is 6.26 Å². The molecule has 0 spiro atoms. The van der Waals surface area contributed by atoms with Crippen LogP contribution in [-0.2, 0) is 16.1 Å². The van der Waals surface area contributed by atoms with Crippen molar-refractivity contribution in [1.82, 2.24) is 10.6 Å². The van der Waals surface area contributed by atoms with Crippen LogP contribution in [0, 0.1) is 0 Å². The second-order valence-corrected chi connectivity index (χ2v) is 4.03. The van der Waals surface area contributed by atoms with E-state index in [2.05, 4.69) is 10.6 Å². The predicted molar refractivity (Wildman–Crippen MR) is 68.5 cm³/mol. The van der Waals surface area contributed by atoms with Crippen molar-refractivity contribution in [2.45, 2.75) is 12.6 Å². The second kappa shape index (κ2) is 5.53. The van der Waals surface area contributed by atoms with Crippen molar-refractivity contribution in [3.8, 4) is 0 Å². The lowest BCUT2D eigenvalue weighted by Crippen LogP contribution is -2.47. The first-order valence-electron chi connectivity index (χ1n) is 5.76. The minimum absolute atomic E-state index is 0.224. The highest BCUT2D eigenvalue weighted by molar-refractivity contribution is 6.01. The van der Waals surface area contributed by atoms with E-state index in [9.17, 15) is 9.59 Å². The second-order valence-electron chi connectivity index (χ2n) is 4.03. The number of likely N-dealkylation sites (N-methyl/N-ethyl adjacent to an activating group) is 1. The van der Waals surface area contributed by atoms with Crippen molar-refractivity contribution < 1.29 is 19.1 Å². The van der Waals surface area contributed by atoms with Gasteiger partial charge in [0.15, 0.2) is 6.04 Å². The number of para-hydroxylation sites is 1. The maximum atomic E-state index is 11.7. The molecule has 0 saturated carbocycles. The molecule has 1 atom stereocenters. The van der Waals surface area contributed by atoms with Gasteiger partial charge in [0.25, 0.3) is 0 Å². The normalized spacial score (nSPS) is 12.3. The molecule has 0 aliphatic rings. The molecule has 6 heteroatoms. The number of fused-ring (bicyclic) bond motifs is 1. The lowest BCUT2D eigenvalue weighted by molar-refractivity contribution is -0.143. The van der Waals surface area contributed by atoms with Crippen LogP contribution < -0.4 is 10.6 Å². The topological polar surface area (TPSA) is 91.6 Å². The van der Waals surface area contributed by atoms with E-state index < -0.39 is 17.9 Å². The van der Waals surface area contributed by atoms with Gasteiger partial charge < -0.3 is 14.8 Å². The fourth-order valence-corrected chi connectivity index (χ4v) is 1.82. The summed E-state index contributed by atoms with van der Waals surface area (Å²) in [5, 5.41) is 14.7. The molecule has 100 valence electrons. The zero-order valence-electron chi connectivity index (χ0n) is 10.3. The molecule has 1 amide bonds. The van der Waals surface area contributed by atoms with E-state index in [4.69, 9.17) is 9.52 Å².